The Labute approximate surface area is 196 Å². The largest absolute Gasteiger partial charge is 0.339 e. The maximum atomic E-state index is 12.9. The number of carbonyl (C=O) groups excluding carboxylic acids is 1. The van der Waals surface area contributed by atoms with Gasteiger partial charge >= 0.3 is 0 Å². The van der Waals surface area contributed by atoms with Gasteiger partial charge in [0.05, 0.1) is 12.5 Å². The molecule has 176 valence electrons. The van der Waals surface area contributed by atoms with Crippen molar-refractivity contribution in [3.63, 3.8) is 0 Å². The van der Waals surface area contributed by atoms with Gasteiger partial charge in [0.25, 0.3) is 5.91 Å². The van der Waals surface area contributed by atoms with Crippen molar-refractivity contribution in [3.8, 4) is 11.4 Å². The number of nitrogens with zero attached hydrogens (tertiary/aromatic N) is 5. The third-order valence-corrected chi connectivity index (χ3v) is 7.35. The van der Waals surface area contributed by atoms with Crippen LogP contribution in [-0.4, -0.2) is 57.0 Å². The number of benzene rings is 1. The molecule has 0 unspecified atom stereocenters. The minimum absolute atomic E-state index is 0.179. The van der Waals surface area contributed by atoms with E-state index in [1.165, 1.54) is 16.8 Å². The molecule has 10 nitrogen and oxygen atoms in total. The van der Waals surface area contributed by atoms with Crippen LogP contribution in [0.4, 0.5) is 5.69 Å². The topological polar surface area (TPSA) is 123 Å². The lowest BCUT2D eigenvalue weighted by Crippen LogP contribution is -2.35. The number of nitrogens with one attached hydrogen (secondary N) is 1. The molecule has 4 aromatic rings. The highest BCUT2D eigenvalue weighted by molar-refractivity contribution is 7.88. The molecule has 1 N–H and O–H groups in total. The zero-order chi connectivity index (χ0) is 23.9. The van der Waals surface area contributed by atoms with Crippen molar-refractivity contribution in [1.29, 1.82) is 0 Å². The van der Waals surface area contributed by atoms with Crippen molar-refractivity contribution in [2.24, 2.45) is 0 Å². The number of sulfonamides is 1. The first-order valence-corrected chi connectivity index (χ1v) is 12.8. The molecular weight excluding hydrogens is 456 g/mol. The Hall–Kier alpha value is -3.57. The summed E-state index contributed by atoms with van der Waals surface area (Å²) in [6.07, 6.45) is 6.49. The summed E-state index contributed by atoms with van der Waals surface area (Å²) >= 11 is 0. The molecule has 4 heterocycles. The molecule has 1 aromatic carbocycles. The molecule has 0 saturated carbocycles. The van der Waals surface area contributed by atoms with Gasteiger partial charge in [-0.3, -0.25) is 9.20 Å². The van der Waals surface area contributed by atoms with Gasteiger partial charge in [-0.1, -0.05) is 23.4 Å². The molecule has 0 bridgehead atoms. The van der Waals surface area contributed by atoms with Gasteiger partial charge in [-0.25, -0.2) is 13.4 Å². The molecule has 1 atom stereocenters. The van der Waals surface area contributed by atoms with Crippen molar-refractivity contribution in [1.82, 2.24) is 23.8 Å². The Balaban J connectivity index is 1.35. The molecule has 0 radical (unpaired) electrons. The molecule has 0 spiro atoms. The van der Waals surface area contributed by atoms with Gasteiger partial charge in [0.1, 0.15) is 11.3 Å². The van der Waals surface area contributed by atoms with Gasteiger partial charge in [-0.2, -0.15) is 9.29 Å². The summed E-state index contributed by atoms with van der Waals surface area (Å²) in [5.41, 5.74) is 3.30. The van der Waals surface area contributed by atoms with Gasteiger partial charge in [-0.15, -0.1) is 0 Å². The quantitative estimate of drug-likeness (QED) is 0.450. The highest BCUT2D eigenvalue weighted by Gasteiger charge is 2.32. The fraction of sp³-hybridized carbons (Fsp3) is 0.304. The van der Waals surface area contributed by atoms with Crippen molar-refractivity contribution in [2.75, 3.05) is 18.1 Å². The Morgan fingerprint density at radius 3 is 2.94 bits per heavy atom. The van der Waals surface area contributed by atoms with Gasteiger partial charge in [0, 0.05) is 36.5 Å². The average molecular weight is 481 g/mol. The maximum absolute atomic E-state index is 12.9. The van der Waals surface area contributed by atoms with Crippen molar-refractivity contribution in [3.05, 3.63) is 65.9 Å². The number of hydrogen-bond donors (Lipinski definition) is 1. The molecule has 0 aliphatic carbocycles. The van der Waals surface area contributed by atoms with Crippen LogP contribution < -0.4 is 5.32 Å². The Bertz CT molecular complexity index is 1480. The van der Waals surface area contributed by atoms with Gasteiger partial charge < -0.3 is 9.84 Å². The van der Waals surface area contributed by atoms with Crippen LogP contribution in [0.1, 0.15) is 34.8 Å². The molecule has 3 aromatic heterocycles. The highest BCUT2D eigenvalue weighted by atomic mass is 32.2. The van der Waals surface area contributed by atoms with Crippen LogP contribution in [0.5, 0.6) is 0 Å². The number of aromatic nitrogens is 4. The standard InChI is InChI=1S/C23H24N6O4S/c1-15-8-9-16(12-18(15)25-23(30)19-14-24-20-7-3-4-10-28(19)20)22-26-21(33-27-22)13-17-6-5-11-29(17)34(2,31)32/h3-4,7-10,12,14,17H,5-6,11,13H2,1-2H3,(H,25,30)/t17-/m0/s1. The number of aryl methyl sites for hydroxylation is 1. The molecule has 1 aliphatic heterocycles. The summed E-state index contributed by atoms with van der Waals surface area (Å²) < 4.78 is 32.6. The number of rotatable bonds is 6. The van der Waals surface area contributed by atoms with Crippen LogP contribution in [0.25, 0.3) is 17.0 Å². The fourth-order valence-electron chi connectivity index (χ4n) is 4.29. The maximum Gasteiger partial charge on any atom is 0.274 e. The van der Waals surface area contributed by atoms with E-state index in [-0.39, 0.29) is 11.9 Å². The molecule has 5 rings (SSSR count). The Kier molecular flexibility index (Phi) is 5.66. The third-order valence-electron chi connectivity index (χ3n) is 6.02. The second kappa shape index (κ2) is 8.65. The molecular formula is C23H24N6O4S. The van der Waals surface area contributed by atoms with Crippen LogP contribution in [0, 0.1) is 6.92 Å². The molecule has 11 heteroatoms. The monoisotopic (exact) mass is 480 g/mol. The Morgan fingerprint density at radius 1 is 1.26 bits per heavy atom. The van der Waals surface area contributed by atoms with E-state index in [2.05, 4.69) is 20.4 Å². The fourth-order valence-corrected chi connectivity index (χ4v) is 5.47. The molecule has 1 saturated heterocycles. The zero-order valence-corrected chi connectivity index (χ0v) is 19.6. The minimum atomic E-state index is -3.27. The van der Waals surface area contributed by atoms with Gasteiger partial charge in [0.2, 0.25) is 21.7 Å². The van der Waals surface area contributed by atoms with E-state index in [9.17, 15) is 13.2 Å². The summed E-state index contributed by atoms with van der Waals surface area (Å²) in [4.78, 5) is 21.7. The normalized spacial score (nSPS) is 16.8. The Morgan fingerprint density at radius 2 is 2.12 bits per heavy atom. The van der Waals surface area contributed by atoms with Crippen LogP contribution in [-0.2, 0) is 16.4 Å². The van der Waals surface area contributed by atoms with Gasteiger partial charge in [-0.05, 0) is 43.5 Å². The third kappa shape index (κ3) is 4.31. The van der Waals surface area contributed by atoms with Crippen molar-refractivity contribution < 1.29 is 17.7 Å². The van der Waals surface area contributed by atoms with E-state index in [0.29, 0.717) is 47.3 Å². The van der Waals surface area contributed by atoms with Crippen LogP contribution in [0.3, 0.4) is 0 Å². The summed E-state index contributed by atoms with van der Waals surface area (Å²) in [6.45, 7) is 2.41. The van der Waals surface area contributed by atoms with E-state index in [1.807, 2.05) is 37.3 Å². The molecule has 1 amide bonds. The first kappa shape index (κ1) is 22.2. The minimum Gasteiger partial charge on any atom is -0.339 e. The molecule has 34 heavy (non-hydrogen) atoms. The number of fused-ring (bicyclic) bond motifs is 1. The zero-order valence-electron chi connectivity index (χ0n) is 18.8. The number of imidazole rings is 1. The lowest BCUT2D eigenvalue weighted by molar-refractivity contribution is 0.102. The number of hydrogen-bond acceptors (Lipinski definition) is 7. The second-order valence-electron chi connectivity index (χ2n) is 8.44. The number of carbonyl (C=O) groups is 1. The summed E-state index contributed by atoms with van der Waals surface area (Å²) in [5, 5.41) is 7.02. The van der Waals surface area contributed by atoms with E-state index in [1.54, 1.807) is 16.7 Å². The highest BCUT2D eigenvalue weighted by Crippen LogP contribution is 2.27. The molecule has 1 aliphatic rings. The van der Waals surface area contributed by atoms with E-state index < -0.39 is 10.0 Å². The van der Waals surface area contributed by atoms with Crippen LogP contribution >= 0.6 is 0 Å². The van der Waals surface area contributed by atoms with Crippen molar-refractivity contribution >= 4 is 27.3 Å². The van der Waals surface area contributed by atoms with E-state index in [4.69, 9.17) is 4.52 Å². The summed E-state index contributed by atoms with van der Waals surface area (Å²) in [7, 11) is -3.27. The van der Waals surface area contributed by atoms with E-state index in [0.717, 1.165) is 18.4 Å². The lowest BCUT2D eigenvalue weighted by Gasteiger charge is -2.20. The summed E-state index contributed by atoms with van der Waals surface area (Å²) in [6, 6.07) is 10.9. The number of amides is 1. The smallest absolute Gasteiger partial charge is 0.274 e. The SMILES string of the molecule is Cc1ccc(-c2noc(C[C@@H]3CCCN3S(C)(=O)=O)n2)cc1NC(=O)c1cnc2ccccn12. The predicted octanol–water partition coefficient (Wildman–Crippen LogP) is 2.91. The van der Waals surface area contributed by atoms with Crippen molar-refractivity contribution in [2.45, 2.75) is 32.2 Å². The summed E-state index contributed by atoms with van der Waals surface area (Å²) in [5.74, 6) is 0.478. The first-order valence-electron chi connectivity index (χ1n) is 10.9. The van der Waals surface area contributed by atoms with Crippen LogP contribution in [0.2, 0.25) is 0 Å². The van der Waals surface area contributed by atoms with Crippen LogP contribution in [0.15, 0.2) is 53.3 Å². The molecule has 1 fully saturated rings. The number of pyridine rings is 1. The first-order chi connectivity index (χ1) is 16.3. The van der Waals surface area contributed by atoms with E-state index >= 15 is 0 Å². The number of anilines is 1. The average Bonchev–Trinajstić information content (AvgIpc) is 3.54. The second-order valence-corrected chi connectivity index (χ2v) is 10.4. The predicted molar refractivity (Wildman–Crippen MR) is 126 cm³/mol. The van der Waals surface area contributed by atoms with Gasteiger partial charge in [0.15, 0.2) is 0 Å². The lowest BCUT2D eigenvalue weighted by atomic mass is 10.1.